The Kier molecular flexibility index (Phi) is 5.26. The van der Waals surface area contributed by atoms with E-state index in [1.54, 1.807) is 30.0 Å². The number of para-hydroxylation sites is 1. The number of amides is 2. The Morgan fingerprint density at radius 1 is 1.24 bits per heavy atom. The number of carbonyl (C=O) groups excluding carboxylic acids is 2. The fraction of sp³-hybridized carbons (Fsp3) is 0.286. The SMILES string of the molecule is CC(NC(=O)c1n[nH]c2ccccc12)C(=O)N1CCNCC1c1cccc(F)c1. The van der Waals surface area contributed by atoms with Crippen LogP contribution in [0.5, 0.6) is 0 Å². The summed E-state index contributed by atoms with van der Waals surface area (Å²) in [5.41, 5.74) is 1.73. The van der Waals surface area contributed by atoms with E-state index >= 15 is 0 Å². The zero-order valence-corrected chi connectivity index (χ0v) is 16.0. The highest BCUT2D eigenvalue weighted by atomic mass is 19.1. The van der Waals surface area contributed by atoms with Crippen molar-refractivity contribution in [2.75, 3.05) is 19.6 Å². The van der Waals surface area contributed by atoms with Crippen molar-refractivity contribution in [3.05, 3.63) is 65.6 Å². The molecule has 0 bridgehead atoms. The van der Waals surface area contributed by atoms with Gasteiger partial charge in [-0.25, -0.2) is 4.39 Å². The molecule has 0 saturated carbocycles. The molecule has 2 heterocycles. The van der Waals surface area contributed by atoms with Crippen LogP contribution in [0.3, 0.4) is 0 Å². The Balaban J connectivity index is 1.50. The van der Waals surface area contributed by atoms with E-state index in [1.807, 2.05) is 18.2 Å². The molecule has 2 unspecified atom stereocenters. The minimum Gasteiger partial charge on any atom is -0.339 e. The van der Waals surface area contributed by atoms with Gasteiger partial charge in [-0.2, -0.15) is 5.10 Å². The molecule has 1 aromatic heterocycles. The summed E-state index contributed by atoms with van der Waals surface area (Å²) in [6.07, 6.45) is 0. The Hall–Kier alpha value is -3.26. The molecule has 4 rings (SSSR count). The van der Waals surface area contributed by atoms with Gasteiger partial charge in [0.25, 0.3) is 5.91 Å². The number of aromatic amines is 1. The normalized spacial score (nSPS) is 17.9. The van der Waals surface area contributed by atoms with Crippen LogP contribution in [-0.4, -0.2) is 52.6 Å². The summed E-state index contributed by atoms with van der Waals surface area (Å²) >= 11 is 0. The second kappa shape index (κ2) is 8.00. The zero-order valence-electron chi connectivity index (χ0n) is 16.0. The van der Waals surface area contributed by atoms with Crippen molar-refractivity contribution in [1.29, 1.82) is 0 Å². The van der Waals surface area contributed by atoms with Gasteiger partial charge in [0.2, 0.25) is 5.91 Å². The molecule has 1 aliphatic heterocycles. The minimum absolute atomic E-state index is 0.214. The van der Waals surface area contributed by atoms with Gasteiger partial charge in [-0.15, -0.1) is 0 Å². The lowest BCUT2D eigenvalue weighted by molar-refractivity contribution is -0.136. The van der Waals surface area contributed by atoms with Crippen LogP contribution >= 0.6 is 0 Å². The first-order chi connectivity index (χ1) is 14.0. The summed E-state index contributed by atoms with van der Waals surface area (Å²) in [5.74, 6) is -0.970. The fourth-order valence-corrected chi connectivity index (χ4v) is 3.69. The number of hydrogen-bond donors (Lipinski definition) is 3. The highest BCUT2D eigenvalue weighted by molar-refractivity contribution is 6.05. The predicted molar refractivity (Wildman–Crippen MR) is 107 cm³/mol. The summed E-state index contributed by atoms with van der Waals surface area (Å²) < 4.78 is 13.7. The van der Waals surface area contributed by atoms with E-state index < -0.39 is 11.9 Å². The Bertz CT molecular complexity index is 1050. The molecule has 29 heavy (non-hydrogen) atoms. The summed E-state index contributed by atoms with van der Waals surface area (Å²) in [6.45, 7) is 3.30. The summed E-state index contributed by atoms with van der Waals surface area (Å²) in [4.78, 5) is 27.5. The smallest absolute Gasteiger partial charge is 0.273 e. The van der Waals surface area contributed by atoms with Crippen LogP contribution in [0.15, 0.2) is 48.5 Å². The maximum Gasteiger partial charge on any atom is 0.273 e. The lowest BCUT2D eigenvalue weighted by Gasteiger charge is -2.38. The van der Waals surface area contributed by atoms with Crippen LogP contribution in [0, 0.1) is 5.82 Å². The van der Waals surface area contributed by atoms with E-state index in [4.69, 9.17) is 0 Å². The first-order valence-electron chi connectivity index (χ1n) is 9.55. The van der Waals surface area contributed by atoms with E-state index in [0.717, 1.165) is 11.1 Å². The van der Waals surface area contributed by atoms with Crippen LogP contribution < -0.4 is 10.6 Å². The standard InChI is InChI=1S/C21H22FN5O2/c1-13(24-20(28)19-16-7-2-3-8-17(16)25-26-19)21(29)27-10-9-23-12-18(27)14-5-4-6-15(22)11-14/h2-8,11,13,18,23H,9-10,12H2,1H3,(H,24,28)(H,25,26). The number of aromatic nitrogens is 2. The molecule has 2 aromatic carbocycles. The molecule has 0 spiro atoms. The Labute approximate surface area is 167 Å². The molecular formula is C21H22FN5O2. The number of benzene rings is 2. The van der Waals surface area contributed by atoms with Crippen molar-refractivity contribution in [3.63, 3.8) is 0 Å². The van der Waals surface area contributed by atoms with E-state index in [-0.39, 0.29) is 23.5 Å². The van der Waals surface area contributed by atoms with Gasteiger partial charge in [0.1, 0.15) is 11.9 Å². The molecule has 2 atom stereocenters. The number of nitrogens with one attached hydrogen (secondary N) is 3. The third kappa shape index (κ3) is 3.84. The zero-order chi connectivity index (χ0) is 20.4. The van der Waals surface area contributed by atoms with Crippen LogP contribution in [0.4, 0.5) is 4.39 Å². The number of piperazine rings is 1. The molecule has 1 saturated heterocycles. The molecule has 150 valence electrons. The van der Waals surface area contributed by atoms with Crippen LogP contribution in [0.1, 0.15) is 29.0 Å². The average Bonchev–Trinajstić information content (AvgIpc) is 3.17. The van der Waals surface area contributed by atoms with E-state index in [0.29, 0.717) is 25.0 Å². The van der Waals surface area contributed by atoms with Gasteiger partial charge >= 0.3 is 0 Å². The van der Waals surface area contributed by atoms with Gasteiger partial charge in [0.05, 0.1) is 11.6 Å². The van der Waals surface area contributed by atoms with E-state index in [9.17, 15) is 14.0 Å². The van der Waals surface area contributed by atoms with Crippen molar-refractivity contribution < 1.29 is 14.0 Å². The first kappa shape index (κ1) is 19.1. The fourth-order valence-electron chi connectivity index (χ4n) is 3.69. The highest BCUT2D eigenvalue weighted by Gasteiger charge is 2.32. The molecule has 3 aromatic rings. The van der Waals surface area contributed by atoms with Crippen molar-refractivity contribution in [3.8, 4) is 0 Å². The minimum atomic E-state index is -0.743. The largest absolute Gasteiger partial charge is 0.339 e. The van der Waals surface area contributed by atoms with Gasteiger partial charge < -0.3 is 15.5 Å². The van der Waals surface area contributed by atoms with Crippen molar-refractivity contribution in [2.24, 2.45) is 0 Å². The third-order valence-electron chi connectivity index (χ3n) is 5.16. The number of rotatable bonds is 4. The van der Waals surface area contributed by atoms with Gasteiger partial charge in [-0.1, -0.05) is 30.3 Å². The molecule has 0 aliphatic carbocycles. The number of hydrogen-bond acceptors (Lipinski definition) is 4. The van der Waals surface area contributed by atoms with Crippen molar-refractivity contribution >= 4 is 22.7 Å². The molecule has 7 nitrogen and oxygen atoms in total. The van der Waals surface area contributed by atoms with Gasteiger partial charge in [0.15, 0.2) is 5.69 Å². The van der Waals surface area contributed by atoms with Crippen LogP contribution in [0.25, 0.3) is 10.9 Å². The quantitative estimate of drug-likeness (QED) is 0.630. The lowest BCUT2D eigenvalue weighted by Crippen LogP contribution is -2.54. The topological polar surface area (TPSA) is 90.1 Å². The number of carbonyl (C=O) groups is 2. The molecular weight excluding hydrogens is 373 g/mol. The van der Waals surface area contributed by atoms with Crippen molar-refractivity contribution in [2.45, 2.75) is 19.0 Å². The molecule has 1 fully saturated rings. The second-order valence-corrected chi connectivity index (χ2v) is 7.12. The van der Waals surface area contributed by atoms with Crippen LogP contribution in [-0.2, 0) is 4.79 Å². The second-order valence-electron chi connectivity index (χ2n) is 7.12. The third-order valence-corrected chi connectivity index (χ3v) is 5.16. The van der Waals surface area contributed by atoms with Gasteiger partial charge in [0, 0.05) is 25.0 Å². The van der Waals surface area contributed by atoms with Gasteiger partial charge in [-0.05, 0) is 30.7 Å². The highest BCUT2D eigenvalue weighted by Crippen LogP contribution is 2.24. The van der Waals surface area contributed by atoms with E-state index in [2.05, 4.69) is 20.8 Å². The number of H-pyrrole nitrogens is 1. The molecule has 3 N–H and O–H groups in total. The first-order valence-corrected chi connectivity index (χ1v) is 9.55. The maximum atomic E-state index is 13.7. The molecule has 0 radical (unpaired) electrons. The number of halogens is 1. The average molecular weight is 395 g/mol. The number of fused-ring (bicyclic) bond motifs is 1. The summed E-state index contributed by atoms with van der Waals surface area (Å²) in [5, 5.41) is 13.6. The van der Waals surface area contributed by atoms with Crippen LogP contribution in [0.2, 0.25) is 0 Å². The molecule has 1 aliphatic rings. The maximum absolute atomic E-state index is 13.7. The summed E-state index contributed by atoms with van der Waals surface area (Å²) in [6, 6.07) is 12.5. The molecule has 8 heteroatoms. The summed E-state index contributed by atoms with van der Waals surface area (Å²) in [7, 11) is 0. The molecule has 2 amide bonds. The van der Waals surface area contributed by atoms with Gasteiger partial charge in [-0.3, -0.25) is 14.7 Å². The van der Waals surface area contributed by atoms with E-state index in [1.165, 1.54) is 12.1 Å². The Morgan fingerprint density at radius 2 is 2.07 bits per heavy atom. The number of nitrogens with zero attached hydrogens (tertiary/aromatic N) is 2. The predicted octanol–water partition coefficient (Wildman–Crippen LogP) is 1.99. The Morgan fingerprint density at radius 3 is 2.90 bits per heavy atom. The van der Waals surface area contributed by atoms with Crippen molar-refractivity contribution in [1.82, 2.24) is 25.7 Å². The monoisotopic (exact) mass is 395 g/mol. The lowest BCUT2D eigenvalue weighted by atomic mass is 10.0.